The van der Waals surface area contributed by atoms with E-state index in [1.54, 1.807) is 17.2 Å². The maximum absolute atomic E-state index is 13.2. The average Bonchev–Trinajstić information content (AvgIpc) is 3.34. The predicted octanol–water partition coefficient (Wildman–Crippen LogP) is 2.91. The summed E-state index contributed by atoms with van der Waals surface area (Å²) in [7, 11) is 0. The van der Waals surface area contributed by atoms with Gasteiger partial charge in [0.15, 0.2) is 0 Å². The van der Waals surface area contributed by atoms with Crippen LogP contribution in [0.15, 0.2) is 54.7 Å². The number of amides is 2. The molecule has 1 unspecified atom stereocenters. The standard InChI is InChI=1S/C24H25N5O2/c30-23(29-13-10-17-6-1-2-7-18(17)15-29)19-8-5-12-28(16-19)24(31)22-14-21(26-27-22)20-9-3-4-11-25-20/h1-4,6-7,9,11,14,19H,5,8,10,12-13,15-16H2,(H,26,27). The molecule has 7 heteroatoms. The van der Waals surface area contributed by atoms with Gasteiger partial charge in [0.05, 0.1) is 11.6 Å². The lowest BCUT2D eigenvalue weighted by atomic mass is 9.93. The highest BCUT2D eigenvalue weighted by atomic mass is 16.2. The summed E-state index contributed by atoms with van der Waals surface area (Å²) >= 11 is 0. The molecular weight excluding hydrogens is 390 g/mol. The average molecular weight is 415 g/mol. The highest BCUT2D eigenvalue weighted by Crippen LogP contribution is 2.25. The zero-order valence-corrected chi connectivity index (χ0v) is 17.3. The maximum atomic E-state index is 13.2. The van der Waals surface area contributed by atoms with E-state index in [1.165, 1.54) is 11.1 Å². The Hall–Kier alpha value is -3.48. The second-order valence-electron chi connectivity index (χ2n) is 8.25. The second kappa shape index (κ2) is 8.34. The van der Waals surface area contributed by atoms with Gasteiger partial charge < -0.3 is 9.80 Å². The molecule has 2 aliphatic heterocycles. The van der Waals surface area contributed by atoms with Crippen LogP contribution >= 0.6 is 0 Å². The zero-order chi connectivity index (χ0) is 21.2. The Morgan fingerprint density at radius 1 is 0.968 bits per heavy atom. The van der Waals surface area contributed by atoms with Crippen LogP contribution in [0.2, 0.25) is 0 Å². The third-order valence-electron chi connectivity index (χ3n) is 6.24. The minimum Gasteiger partial charge on any atom is -0.338 e. The first kappa shape index (κ1) is 19.5. The number of benzene rings is 1. The van der Waals surface area contributed by atoms with Crippen molar-refractivity contribution in [3.05, 3.63) is 71.5 Å². The quantitative estimate of drug-likeness (QED) is 0.713. The van der Waals surface area contributed by atoms with Crippen molar-refractivity contribution in [3.8, 4) is 11.4 Å². The first-order valence-corrected chi connectivity index (χ1v) is 10.8. The van der Waals surface area contributed by atoms with Crippen LogP contribution in [0.4, 0.5) is 0 Å². The van der Waals surface area contributed by atoms with Crippen LogP contribution in [0, 0.1) is 5.92 Å². The first-order chi connectivity index (χ1) is 15.2. The summed E-state index contributed by atoms with van der Waals surface area (Å²) in [6.07, 6.45) is 4.24. The fraction of sp³-hybridized carbons (Fsp3) is 0.333. The zero-order valence-electron chi connectivity index (χ0n) is 17.3. The topological polar surface area (TPSA) is 82.2 Å². The number of hydrogen-bond donors (Lipinski definition) is 1. The molecule has 1 aromatic carbocycles. The molecule has 1 fully saturated rings. The molecule has 7 nitrogen and oxygen atoms in total. The van der Waals surface area contributed by atoms with Gasteiger partial charge in [-0.2, -0.15) is 5.10 Å². The number of carbonyl (C=O) groups is 2. The molecule has 0 spiro atoms. The van der Waals surface area contributed by atoms with E-state index in [0.29, 0.717) is 31.0 Å². The van der Waals surface area contributed by atoms with Gasteiger partial charge in [-0.25, -0.2) is 0 Å². The van der Waals surface area contributed by atoms with Gasteiger partial charge in [-0.15, -0.1) is 0 Å². The summed E-state index contributed by atoms with van der Waals surface area (Å²) in [4.78, 5) is 34.3. The number of aromatic amines is 1. The summed E-state index contributed by atoms with van der Waals surface area (Å²) in [6, 6.07) is 15.6. The molecule has 1 atom stereocenters. The number of likely N-dealkylation sites (tertiary alicyclic amines) is 1. The molecule has 5 rings (SSSR count). The van der Waals surface area contributed by atoms with Gasteiger partial charge in [-0.1, -0.05) is 30.3 Å². The van der Waals surface area contributed by atoms with Gasteiger partial charge in [0.25, 0.3) is 5.91 Å². The minimum absolute atomic E-state index is 0.115. The van der Waals surface area contributed by atoms with Crippen LogP contribution in [0.3, 0.4) is 0 Å². The van der Waals surface area contributed by atoms with Gasteiger partial charge >= 0.3 is 0 Å². The number of piperidine rings is 1. The van der Waals surface area contributed by atoms with E-state index >= 15 is 0 Å². The molecule has 2 amide bonds. The van der Waals surface area contributed by atoms with Crippen LogP contribution in [0.1, 0.15) is 34.5 Å². The Balaban J connectivity index is 1.26. The first-order valence-electron chi connectivity index (χ1n) is 10.8. The highest BCUT2D eigenvalue weighted by molar-refractivity contribution is 5.94. The normalized spacial score (nSPS) is 18.5. The van der Waals surface area contributed by atoms with E-state index in [2.05, 4.69) is 33.4 Å². The van der Waals surface area contributed by atoms with Gasteiger partial charge in [-0.3, -0.25) is 19.7 Å². The number of aromatic nitrogens is 3. The molecule has 0 bridgehead atoms. The van der Waals surface area contributed by atoms with E-state index in [9.17, 15) is 9.59 Å². The molecule has 158 valence electrons. The molecule has 2 aromatic heterocycles. The van der Waals surface area contributed by atoms with E-state index in [1.807, 2.05) is 29.2 Å². The second-order valence-corrected chi connectivity index (χ2v) is 8.25. The van der Waals surface area contributed by atoms with Crippen molar-refractivity contribution in [2.24, 2.45) is 5.92 Å². The number of fused-ring (bicyclic) bond motifs is 1. The number of nitrogens with one attached hydrogen (secondary N) is 1. The molecule has 1 saturated heterocycles. The SMILES string of the molecule is O=C(c1cc(-c2ccccn2)n[nH]1)N1CCCC(C(=O)N2CCc3ccccc3C2)C1. The molecule has 0 saturated carbocycles. The third-order valence-corrected chi connectivity index (χ3v) is 6.24. The summed E-state index contributed by atoms with van der Waals surface area (Å²) in [5.74, 6) is -0.108. The van der Waals surface area contributed by atoms with Crippen molar-refractivity contribution < 1.29 is 9.59 Å². The number of rotatable bonds is 3. The van der Waals surface area contributed by atoms with E-state index < -0.39 is 0 Å². The maximum Gasteiger partial charge on any atom is 0.271 e. The monoisotopic (exact) mass is 415 g/mol. The fourth-order valence-electron chi connectivity index (χ4n) is 4.55. The minimum atomic E-state index is -0.152. The van der Waals surface area contributed by atoms with Crippen LogP contribution in [-0.2, 0) is 17.8 Å². The summed E-state index contributed by atoms with van der Waals surface area (Å²) in [6.45, 7) is 2.51. The Bertz CT molecular complexity index is 1090. The van der Waals surface area contributed by atoms with Crippen LogP contribution in [0.25, 0.3) is 11.4 Å². The third kappa shape index (κ3) is 3.95. The van der Waals surface area contributed by atoms with Gasteiger partial charge in [-0.05, 0) is 48.6 Å². The molecule has 2 aliphatic rings. The van der Waals surface area contributed by atoms with Crippen molar-refractivity contribution in [3.63, 3.8) is 0 Å². The van der Waals surface area contributed by atoms with E-state index in [-0.39, 0.29) is 17.7 Å². The molecule has 0 aliphatic carbocycles. The number of carbonyl (C=O) groups excluding carboxylic acids is 2. The molecule has 1 N–H and O–H groups in total. The van der Waals surface area contributed by atoms with Gasteiger partial charge in [0.1, 0.15) is 11.4 Å². The number of pyridine rings is 1. The Morgan fingerprint density at radius 2 is 1.81 bits per heavy atom. The Morgan fingerprint density at radius 3 is 2.65 bits per heavy atom. The highest BCUT2D eigenvalue weighted by Gasteiger charge is 2.33. The van der Waals surface area contributed by atoms with E-state index in [4.69, 9.17) is 0 Å². The lowest BCUT2D eigenvalue weighted by Gasteiger charge is -2.36. The summed E-state index contributed by atoms with van der Waals surface area (Å²) < 4.78 is 0. The molecular formula is C24H25N5O2. The lowest BCUT2D eigenvalue weighted by Crippen LogP contribution is -2.47. The largest absolute Gasteiger partial charge is 0.338 e. The van der Waals surface area contributed by atoms with Gasteiger partial charge in [0.2, 0.25) is 5.91 Å². The number of nitrogens with zero attached hydrogens (tertiary/aromatic N) is 4. The van der Waals surface area contributed by atoms with Crippen molar-refractivity contribution >= 4 is 11.8 Å². The van der Waals surface area contributed by atoms with Crippen molar-refractivity contribution in [1.29, 1.82) is 0 Å². The smallest absolute Gasteiger partial charge is 0.271 e. The molecule has 4 heterocycles. The van der Waals surface area contributed by atoms with Gasteiger partial charge in [0, 0.05) is 32.4 Å². The fourth-order valence-corrected chi connectivity index (χ4v) is 4.55. The van der Waals surface area contributed by atoms with Crippen LogP contribution in [0.5, 0.6) is 0 Å². The lowest BCUT2D eigenvalue weighted by molar-refractivity contribution is -0.137. The van der Waals surface area contributed by atoms with Crippen molar-refractivity contribution in [2.75, 3.05) is 19.6 Å². The van der Waals surface area contributed by atoms with Crippen LogP contribution in [-0.4, -0.2) is 56.4 Å². The molecule has 3 aromatic rings. The van der Waals surface area contributed by atoms with Crippen molar-refractivity contribution in [1.82, 2.24) is 25.0 Å². The summed E-state index contributed by atoms with van der Waals surface area (Å²) in [5, 5.41) is 7.08. The number of H-pyrrole nitrogens is 1. The van der Waals surface area contributed by atoms with Crippen molar-refractivity contribution in [2.45, 2.75) is 25.8 Å². The molecule has 0 radical (unpaired) electrons. The van der Waals surface area contributed by atoms with Crippen LogP contribution < -0.4 is 0 Å². The molecule has 31 heavy (non-hydrogen) atoms. The number of hydrogen-bond acceptors (Lipinski definition) is 4. The summed E-state index contributed by atoms with van der Waals surface area (Å²) in [5.41, 5.74) is 4.34. The van der Waals surface area contributed by atoms with E-state index in [0.717, 1.165) is 31.5 Å². The predicted molar refractivity (Wildman–Crippen MR) is 116 cm³/mol. The Labute approximate surface area is 181 Å². The Kier molecular flexibility index (Phi) is 5.24.